The van der Waals surface area contributed by atoms with E-state index in [-0.39, 0.29) is 6.42 Å². The first kappa shape index (κ1) is 11.6. The lowest BCUT2D eigenvalue weighted by molar-refractivity contribution is 0.133. The fraction of sp³-hybridized carbons (Fsp3) is 0.800. The van der Waals surface area contributed by atoms with Crippen molar-refractivity contribution >= 4 is 0 Å². The van der Waals surface area contributed by atoms with E-state index in [1.807, 2.05) is 13.0 Å². The van der Waals surface area contributed by atoms with Gasteiger partial charge in [-0.25, -0.2) is 8.78 Å². The monoisotopic (exact) mass is 176 g/mol. The van der Waals surface area contributed by atoms with Gasteiger partial charge in [-0.1, -0.05) is 25.0 Å². The molecule has 0 aliphatic carbocycles. The molecule has 72 valence electrons. The highest BCUT2D eigenvalue weighted by atomic mass is 19.3. The molecular formula is C10H18F2. The molecule has 0 fully saturated rings. The van der Waals surface area contributed by atoms with E-state index in [2.05, 4.69) is 6.08 Å². The third-order valence-electron chi connectivity index (χ3n) is 1.78. The van der Waals surface area contributed by atoms with Gasteiger partial charge in [-0.15, -0.1) is 0 Å². The van der Waals surface area contributed by atoms with Gasteiger partial charge in [-0.3, -0.25) is 0 Å². The molecule has 0 aliphatic rings. The molecule has 0 saturated carbocycles. The summed E-state index contributed by atoms with van der Waals surface area (Å²) in [7, 11) is 0. The molecule has 0 aromatic heterocycles. The molecule has 0 radical (unpaired) electrons. The molecule has 0 nitrogen and oxygen atoms in total. The Bertz CT molecular complexity index is 108. The quantitative estimate of drug-likeness (QED) is 0.403. The van der Waals surface area contributed by atoms with Crippen LogP contribution < -0.4 is 0 Å². The van der Waals surface area contributed by atoms with Gasteiger partial charge in [0.05, 0.1) is 0 Å². The van der Waals surface area contributed by atoms with Crippen LogP contribution in [0.3, 0.4) is 0 Å². The molecule has 0 aromatic rings. The number of allylic oxidation sites excluding steroid dienone is 2. The second-order valence-corrected chi connectivity index (χ2v) is 2.95. The highest BCUT2D eigenvalue weighted by Crippen LogP contribution is 2.09. The highest BCUT2D eigenvalue weighted by Gasteiger charge is 2.00. The summed E-state index contributed by atoms with van der Waals surface area (Å²) in [6, 6.07) is 0. The molecule has 0 aromatic carbocycles. The zero-order valence-electron chi connectivity index (χ0n) is 7.73. The minimum absolute atomic E-state index is 0.0730. The Morgan fingerprint density at radius 2 is 1.75 bits per heavy atom. The van der Waals surface area contributed by atoms with Gasteiger partial charge in [0.25, 0.3) is 0 Å². The van der Waals surface area contributed by atoms with E-state index in [9.17, 15) is 8.78 Å². The smallest absolute Gasteiger partial charge is 0.211 e. The molecule has 0 aliphatic heterocycles. The molecule has 0 N–H and O–H groups in total. The van der Waals surface area contributed by atoms with E-state index in [1.54, 1.807) is 0 Å². The number of rotatable bonds is 7. The second-order valence-electron chi connectivity index (χ2n) is 2.95. The topological polar surface area (TPSA) is 0 Å². The number of hydrogen-bond acceptors (Lipinski definition) is 0. The van der Waals surface area contributed by atoms with E-state index in [0.29, 0.717) is 6.42 Å². The minimum atomic E-state index is -2.11. The Balaban J connectivity index is 2.91. The van der Waals surface area contributed by atoms with E-state index < -0.39 is 6.43 Å². The van der Waals surface area contributed by atoms with Crippen LogP contribution in [0.4, 0.5) is 8.78 Å². The van der Waals surface area contributed by atoms with Crippen molar-refractivity contribution in [3.63, 3.8) is 0 Å². The van der Waals surface area contributed by atoms with Crippen molar-refractivity contribution in [1.29, 1.82) is 0 Å². The Hall–Kier alpha value is -0.400. The second kappa shape index (κ2) is 8.69. The number of hydrogen-bond donors (Lipinski definition) is 0. The number of halogens is 2. The van der Waals surface area contributed by atoms with Crippen molar-refractivity contribution in [1.82, 2.24) is 0 Å². The Morgan fingerprint density at radius 1 is 1.08 bits per heavy atom. The molecule has 0 spiro atoms. The third-order valence-corrected chi connectivity index (χ3v) is 1.78. The maximum Gasteiger partial charge on any atom is 0.238 e. The molecule has 2 heteroatoms. The van der Waals surface area contributed by atoms with Crippen LogP contribution in [0, 0.1) is 0 Å². The van der Waals surface area contributed by atoms with Gasteiger partial charge in [0.2, 0.25) is 6.43 Å². The fourth-order valence-corrected chi connectivity index (χ4v) is 1.08. The molecular weight excluding hydrogens is 158 g/mol. The summed E-state index contributed by atoms with van der Waals surface area (Å²) in [6.07, 6.45) is 7.03. The van der Waals surface area contributed by atoms with Crippen molar-refractivity contribution < 1.29 is 8.78 Å². The van der Waals surface area contributed by atoms with Gasteiger partial charge in [0, 0.05) is 6.42 Å². The summed E-state index contributed by atoms with van der Waals surface area (Å²) in [5.41, 5.74) is 0. The average Bonchev–Trinajstić information content (AvgIpc) is 2.02. The first-order valence-electron chi connectivity index (χ1n) is 4.66. The predicted molar refractivity (Wildman–Crippen MR) is 48.5 cm³/mol. The van der Waals surface area contributed by atoms with Crippen LogP contribution >= 0.6 is 0 Å². The van der Waals surface area contributed by atoms with Crippen LogP contribution in [0.25, 0.3) is 0 Å². The van der Waals surface area contributed by atoms with Crippen LogP contribution in [0.1, 0.15) is 45.4 Å². The standard InChI is InChI=1S/C10H18F2/c1-2-3-4-5-6-7-8-9-10(11)12/h2-3,10H,4-9H2,1H3/b3-2+. The van der Waals surface area contributed by atoms with E-state index in [4.69, 9.17) is 0 Å². The summed E-state index contributed by atoms with van der Waals surface area (Å²) in [6.45, 7) is 2.00. The van der Waals surface area contributed by atoms with Crippen LogP contribution in [-0.2, 0) is 0 Å². The van der Waals surface area contributed by atoms with E-state index in [0.717, 1.165) is 25.7 Å². The van der Waals surface area contributed by atoms with Crippen LogP contribution in [-0.4, -0.2) is 6.43 Å². The fourth-order valence-electron chi connectivity index (χ4n) is 1.08. The zero-order valence-corrected chi connectivity index (χ0v) is 7.73. The normalized spacial score (nSPS) is 11.7. The first-order valence-corrected chi connectivity index (χ1v) is 4.66. The molecule has 0 saturated heterocycles. The first-order chi connectivity index (χ1) is 5.77. The largest absolute Gasteiger partial charge is 0.238 e. The molecule has 0 atom stereocenters. The van der Waals surface area contributed by atoms with Crippen LogP contribution in [0.15, 0.2) is 12.2 Å². The lowest BCUT2D eigenvalue weighted by Gasteiger charge is -1.98. The van der Waals surface area contributed by atoms with Gasteiger partial charge in [-0.2, -0.15) is 0 Å². The molecule has 0 heterocycles. The van der Waals surface area contributed by atoms with Crippen molar-refractivity contribution in [2.45, 2.75) is 51.9 Å². The lowest BCUT2D eigenvalue weighted by Crippen LogP contribution is -1.89. The van der Waals surface area contributed by atoms with E-state index in [1.165, 1.54) is 0 Å². The highest BCUT2D eigenvalue weighted by molar-refractivity contribution is 4.76. The van der Waals surface area contributed by atoms with Crippen molar-refractivity contribution in [2.75, 3.05) is 0 Å². The SMILES string of the molecule is C/C=C/CCCCCCC(F)F. The van der Waals surface area contributed by atoms with Gasteiger partial charge >= 0.3 is 0 Å². The number of unbranched alkanes of at least 4 members (excludes halogenated alkanes) is 4. The minimum Gasteiger partial charge on any atom is -0.211 e. The lowest BCUT2D eigenvalue weighted by atomic mass is 10.1. The Morgan fingerprint density at radius 3 is 2.33 bits per heavy atom. The maximum atomic E-state index is 11.7. The van der Waals surface area contributed by atoms with Gasteiger partial charge in [0.15, 0.2) is 0 Å². The predicted octanol–water partition coefficient (Wildman–Crippen LogP) is 4.17. The molecule has 0 rings (SSSR count). The molecule has 0 bridgehead atoms. The van der Waals surface area contributed by atoms with Crippen LogP contribution in [0.2, 0.25) is 0 Å². The summed E-state index contributed by atoms with van der Waals surface area (Å²) in [5.74, 6) is 0. The summed E-state index contributed by atoms with van der Waals surface area (Å²) in [4.78, 5) is 0. The van der Waals surface area contributed by atoms with Crippen LogP contribution in [0.5, 0.6) is 0 Å². The maximum absolute atomic E-state index is 11.7. The molecule has 0 unspecified atom stereocenters. The van der Waals surface area contributed by atoms with Crippen molar-refractivity contribution in [2.24, 2.45) is 0 Å². The van der Waals surface area contributed by atoms with Gasteiger partial charge in [0.1, 0.15) is 0 Å². The van der Waals surface area contributed by atoms with Crippen molar-refractivity contribution in [3.05, 3.63) is 12.2 Å². The van der Waals surface area contributed by atoms with E-state index >= 15 is 0 Å². The average molecular weight is 176 g/mol. The third kappa shape index (κ3) is 9.60. The Kier molecular flexibility index (Phi) is 8.40. The van der Waals surface area contributed by atoms with Crippen molar-refractivity contribution in [3.8, 4) is 0 Å². The van der Waals surface area contributed by atoms with Gasteiger partial charge in [-0.05, 0) is 26.2 Å². The summed E-state index contributed by atoms with van der Waals surface area (Å²) in [5, 5.41) is 0. The Labute approximate surface area is 73.7 Å². The summed E-state index contributed by atoms with van der Waals surface area (Å²) < 4.78 is 23.3. The summed E-state index contributed by atoms with van der Waals surface area (Å²) >= 11 is 0. The van der Waals surface area contributed by atoms with Gasteiger partial charge < -0.3 is 0 Å². The molecule has 0 amide bonds. The molecule has 12 heavy (non-hydrogen) atoms. The zero-order chi connectivity index (χ0) is 9.23. The number of alkyl halides is 2.